The summed E-state index contributed by atoms with van der Waals surface area (Å²) in [7, 11) is 0. The summed E-state index contributed by atoms with van der Waals surface area (Å²) in [5, 5.41) is 0. The van der Waals surface area contributed by atoms with Crippen LogP contribution in [-0.2, 0) is 0 Å². The van der Waals surface area contributed by atoms with Gasteiger partial charge in [0.05, 0.1) is 0 Å². The molecule has 1 aliphatic carbocycles. The molecule has 0 radical (unpaired) electrons. The average molecular weight is 276 g/mol. The molecule has 4 N–H and O–H groups in total. The second kappa shape index (κ2) is 6.22. The maximum Gasteiger partial charge on any atom is 0.248 e. The van der Waals surface area contributed by atoms with E-state index in [1.54, 1.807) is 12.1 Å². The quantitative estimate of drug-likeness (QED) is 0.852. The van der Waals surface area contributed by atoms with Crippen molar-refractivity contribution in [2.75, 3.05) is 18.0 Å². The van der Waals surface area contributed by atoms with Gasteiger partial charge in [-0.05, 0) is 51.3 Å². The number of amides is 1. The van der Waals surface area contributed by atoms with Crippen molar-refractivity contribution in [2.24, 2.45) is 17.4 Å². The number of aromatic nitrogens is 1. The van der Waals surface area contributed by atoms with Crippen molar-refractivity contribution in [3.63, 3.8) is 0 Å². The first-order valence-corrected chi connectivity index (χ1v) is 7.32. The summed E-state index contributed by atoms with van der Waals surface area (Å²) in [4.78, 5) is 18.3. The van der Waals surface area contributed by atoms with Gasteiger partial charge in [0.2, 0.25) is 5.91 Å². The molecular weight excluding hydrogens is 252 g/mol. The lowest BCUT2D eigenvalue weighted by Crippen LogP contribution is -2.41. The standard InChI is InChI=1S/C15H24N4O/c1-3-19(13-6-4-5-11(13)9-16)14-8-12(15(17)20)7-10(2)18-14/h7-8,11,13H,3-6,9,16H2,1-2H3,(H2,17,20). The topological polar surface area (TPSA) is 85.2 Å². The highest BCUT2D eigenvalue weighted by atomic mass is 16.1. The Morgan fingerprint density at radius 2 is 2.20 bits per heavy atom. The smallest absolute Gasteiger partial charge is 0.248 e. The summed E-state index contributed by atoms with van der Waals surface area (Å²) in [5.74, 6) is 0.940. The summed E-state index contributed by atoms with van der Waals surface area (Å²) in [6, 6.07) is 3.94. The van der Waals surface area contributed by atoms with E-state index in [-0.39, 0.29) is 0 Å². The molecule has 0 aromatic carbocycles. The highest BCUT2D eigenvalue weighted by molar-refractivity contribution is 5.93. The monoisotopic (exact) mass is 276 g/mol. The van der Waals surface area contributed by atoms with Gasteiger partial charge in [0.25, 0.3) is 0 Å². The fraction of sp³-hybridized carbons (Fsp3) is 0.600. The van der Waals surface area contributed by atoms with Crippen molar-refractivity contribution >= 4 is 11.7 Å². The van der Waals surface area contributed by atoms with Gasteiger partial charge < -0.3 is 16.4 Å². The molecule has 2 atom stereocenters. The van der Waals surface area contributed by atoms with Crippen molar-refractivity contribution in [3.8, 4) is 0 Å². The third kappa shape index (κ3) is 2.93. The van der Waals surface area contributed by atoms with Crippen molar-refractivity contribution < 1.29 is 4.79 Å². The van der Waals surface area contributed by atoms with E-state index in [1.807, 2.05) is 6.92 Å². The Hall–Kier alpha value is -1.62. The SMILES string of the molecule is CCN(c1cc(C(N)=O)cc(C)n1)C1CCCC1CN. The van der Waals surface area contributed by atoms with E-state index in [4.69, 9.17) is 11.5 Å². The van der Waals surface area contributed by atoms with Crippen molar-refractivity contribution in [1.82, 2.24) is 4.98 Å². The summed E-state index contributed by atoms with van der Waals surface area (Å²) < 4.78 is 0. The Kier molecular flexibility index (Phi) is 4.60. The molecule has 20 heavy (non-hydrogen) atoms. The summed E-state index contributed by atoms with van der Waals surface area (Å²) in [6.45, 7) is 5.56. The Morgan fingerprint density at radius 1 is 1.45 bits per heavy atom. The Bertz CT molecular complexity index is 489. The Morgan fingerprint density at radius 3 is 2.80 bits per heavy atom. The summed E-state index contributed by atoms with van der Waals surface area (Å²) in [6.07, 6.45) is 3.51. The van der Waals surface area contributed by atoms with Crippen molar-refractivity contribution in [2.45, 2.75) is 39.2 Å². The van der Waals surface area contributed by atoms with Gasteiger partial charge in [0.15, 0.2) is 0 Å². The van der Waals surface area contributed by atoms with E-state index in [9.17, 15) is 4.79 Å². The first-order valence-electron chi connectivity index (χ1n) is 7.32. The number of carbonyl (C=O) groups excluding carboxylic acids is 1. The molecule has 5 nitrogen and oxygen atoms in total. The Balaban J connectivity index is 2.34. The lowest BCUT2D eigenvalue weighted by molar-refractivity contribution is 0.1000. The fourth-order valence-electron chi connectivity index (χ4n) is 3.21. The summed E-state index contributed by atoms with van der Waals surface area (Å²) >= 11 is 0. The van der Waals surface area contributed by atoms with Crippen LogP contribution in [0.5, 0.6) is 0 Å². The molecule has 0 aliphatic heterocycles. The number of anilines is 1. The van der Waals surface area contributed by atoms with Crippen LogP contribution in [0.1, 0.15) is 42.2 Å². The first kappa shape index (κ1) is 14.8. The van der Waals surface area contributed by atoms with E-state index in [0.717, 1.165) is 24.5 Å². The minimum atomic E-state index is -0.408. The van der Waals surface area contributed by atoms with Gasteiger partial charge in [-0.1, -0.05) is 6.42 Å². The van der Waals surface area contributed by atoms with Gasteiger partial charge in [-0.2, -0.15) is 0 Å². The number of hydrogen-bond acceptors (Lipinski definition) is 4. The van der Waals surface area contributed by atoms with Crippen LogP contribution < -0.4 is 16.4 Å². The van der Waals surface area contributed by atoms with E-state index in [1.165, 1.54) is 12.8 Å². The summed E-state index contributed by atoms with van der Waals surface area (Å²) in [5.41, 5.74) is 12.6. The molecule has 2 rings (SSSR count). The minimum absolute atomic E-state index is 0.408. The number of primary amides is 1. The third-order valence-electron chi connectivity index (χ3n) is 4.18. The average Bonchev–Trinajstić information content (AvgIpc) is 2.87. The molecule has 1 aliphatic rings. The number of carbonyl (C=O) groups is 1. The van der Waals surface area contributed by atoms with Crippen LogP contribution in [0.15, 0.2) is 12.1 Å². The molecule has 1 fully saturated rings. The molecule has 110 valence electrons. The Labute approximate surface area is 120 Å². The molecule has 1 aromatic rings. The van der Waals surface area contributed by atoms with Gasteiger partial charge in [-0.25, -0.2) is 4.98 Å². The number of nitrogens with two attached hydrogens (primary N) is 2. The van der Waals surface area contributed by atoms with Crippen LogP contribution in [0.4, 0.5) is 5.82 Å². The van der Waals surface area contributed by atoms with Gasteiger partial charge in [0.1, 0.15) is 5.82 Å². The molecule has 5 heteroatoms. The third-order valence-corrected chi connectivity index (χ3v) is 4.18. The highest BCUT2D eigenvalue weighted by Crippen LogP contribution is 2.32. The molecule has 1 heterocycles. The van der Waals surface area contributed by atoms with Gasteiger partial charge in [-0.3, -0.25) is 4.79 Å². The van der Waals surface area contributed by atoms with Crippen molar-refractivity contribution in [1.29, 1.82) is 0 Å². The molecule has 0 saturated heterocycles. The van der Waals surface area contributed by atoms with Gasteiger partial charge in [0, 0.05) is 23.8 Å². The van der Waals surface area contributed by atoms with Crippen LogP contribution in [0.25, 0.3) is 0 Å². The lowest BCUT2D eigenvalue weighted by atomic mass is 10.0. The molecule has 1 aromatic heterocycles. The molecular formula is C15H24N4O. The second-order valence-electron chi connectivity index (χ2n) is 5.50. The van der Waals surface area contributed by atoms with E-state index in [2.05, 4.69) is 16.8 Å². The molecule has 1 amide bonds. The van der Waals surface area contributed by atoms with Crippen molar-refractivity contribution in [3.05, 3.63) is 23.4 Å². The zero-order valence-corrected chi connectivity index (χ0v) is 12.3. The largest absolute Gasteiger partial charge is 0.366 e. The lowest BCUT2D eigenvalue weighted by Gasteiger charge is -2.33. The van der Waals surface area contributed by atoms with Crippen LogP contribution in [-0.4, -0.2) is 30.0 Å². The van der Waals surface area contributed by atoms with E-state index >= 15 is 0 Å². The van der Waals surface area contributed by atoms with Crippen LogP contribution in [0, 0.1) is 12.8 Å². The number of hydrogen-bond donors (Lipinski definition) is 2. The normalized spacial score (nSPS) is 21.9. The predicted molar refractivity (Wildman–Crippen MR) is 80.7 cm³/mol. The molecule has 2 unspecified atom stereocenters. The van der Waals surface area contributed by atoms with E-state index < -0.39 is 5.91 Å². The highest BCUT2D eigenvalue weighted by Gasteiger charge is 2.31. The maximum absolute atomic E-state index is 11.4. The molecule has 1 saturated carbocycles. The van der Waals surface area contributed by atoms with Gasteiger partial charge in [-0.15, -0.1) is 0 Å². The molecule has 0 spiro atoms. The number of nitrogens with zero attached hydrogens (tertiary/aromatic N) is 2. The van der Waals surface area contributed by atoms with E-state index in [0.29, 0.717) is 24.1 Å². The second-order valence-corrected chi connectivity index (χ2v) is 5.50. The number of pyridine rings is 1. The zero-order chi connectivity index (χ0) is 14.7. The number of aryl methyl sites for hydroxylation is 1. The zero-order valence-electron chi connectivity index (χ0n) is 12.3. The van der Waals surface area contributed by atoms with Crippen LogP contribution >= 0.6 is 0 Å². The first-order chi connectivity index (χ1) is 9.56. The van der Waals surface area contributed by atoms with Crippen LogP contribution in [0.2, 0.25) is 0 Å². The minimum Gasteiger partial charge on any atom is -0.366 e. The number of rotatable bonds is 5. The fourth-order valence-corrected chi connectivity index (χ4v) is 3.21. The van der Waals surface area contributed by atoms with Crippen LogP contribution in [0.3, 0.4) is 0 Å². The predicted octanol–water partition coefficient (Wildman–Crippen LogP) is 1.44. The maximum atomic E-state index is 11.4. The molecule has 0 bridgehead atoms. The van der Waals surface area contributed by atoms with Gasteiger partial charge >= 0.3 is 0 Å².